The van der Waals surface area contributed by atoms with Gasteiger partial charge in [0.1, 0.15) is 0 Å². The zero-order valence-corrected chi connectivity index (χ0v) is 10.2. The van der Waals surface area contributed by atoms with Gasteiger partial charge in [0.05, 0.1) is 0 Å². The van der Waals surface area contributed by atoms with E-state index in [1.54, 1.807) is 0 Å². The number of nitrogens with two attached hydrogens (primary N) is 1. The van der Waals surface area contributed by atoms with Crippen LogP contribution in [0.25, 0.3) is 0 Å². The van der Waals surface area contributed by atoms with Gasteiger partial charge in [-0.1, -0.05) is 50.6 Å². The van der Waals surface area contributed by atoms with Gasteiger partial charge in [0.15, 0.2) is 0 Å². The third kappa shape index (κ3) is 3.32. The minimum absolute atomic E-state index is 0. The second-order valence-corrected chi connectivity index (χ2v) is 4.76. The molecule has 1 nitrogen and oxygen atoms in total. The van der Waals surface area contributed by atoms with Gasteiger partial charge in [-0.2, -0.15) is 0 Å². The Balaban J connectivity index is 0.00000169. The van der Waals surface area contributed by atoms with Crippen molar-refractivity contribution in [2.45, 2.75) is 33.7 Å². The maximum atomic E-state index is 6.14. The molecule has 0 heterocycles. The van der Waals surface area contributed by atoms with Crippen molar-refractivity contribution in [1.82, 2.24) is 0 Å². The number of hydrogen-bond donors (Lipinski definition) is 1. The van der Waals surface area contributed by atoms with Gasteiger partial charge in [-0.3, -0.25) is 0 Å². The van der Waals surface area contributed by atoms with Crippen LogP contribution < -0.4 is 5.73 Å². The summed E-state index contributed by atoms with van der Waals surface area (Å²) in [5.74, 6) is 0. The van der Waals surface area contributed by atoms with Crippen LogP contribution in [0.1, 0.15) is 37.9 Å². The number of rotatable bonds is 1. The van der Waals surface area contributed by atoms with E-state index in [0.29, 0.717) is 0 Å². The maximum absolute atomic E-state index is 6.14. The molecule has 0 aliphatic rings. The molecule has 1 aromatic carbocycles. The lowest BCUT2D eigenvalue weighted by Gasteiger charge is -2.27. The predicted octanol–water partition coefficient (Wildman–Crippen LogP) is 3.46. The molecule has 0 saturated heterocycles. The first-order valence-corrected chi connectivity index (χ1v) is 4.73. The zero-order chi connectivity index (χ0) is 10.1. The summed E-state index contributed by atoms with van der Waals surface area (Å²) in [5, 5.41) is 0. The number of halogens is 1. The standard InChI is InChI=1S/C12H19N.ClH/c1-9-6-5-7-10(8-9)11(13)12(2,3)4;/h5-8,11H,13H2,1-4H3;1H/t11-;/m1./s1. The monoisotopic (exact) mass is 213 g/mol. The van der Waals surface area contributed by atoms with Crippen molar-refractivity contribution in [3.63, 3.8) is 0 Å². The van der Waals surface area contributed by atoms with Crippen LogP contribution in [-0.2, 0) is 0 Å². The van der Waals surface area contributed by atoms with Gasteiger partial charge >= 0.3 is 0 Å². The van der Waals surface area contributed by atoms with Gasteiger partial charge in [-0.15, -0.1) is 12.4 Å². The van der Waals surface area contributed by atoms with Gasteiger partial charge in [-0.05, 0) is 17.9 Å². The van der Waals surface area contributed by atoms with Gasteiger partial charge in [0.25, 0.3) is 0 Å². The highest BCUT2D eigenvalue weighted by molar-refractivity contribution is 5.85. The summed E-state index contributed by atoms with van der Waals surface area (Å²) in [6, 6.07) is 8.54. The summed E-state index contributed by atoms with van der Waals surface area (Å²) in [7, 11) is 0. The quantitative estimate of drug-likeness (QED) is 0.760. The van der Waals surface area contributed by atoms with Crippen molar-refractivity contribution < 1.29 is 0 Å². The number of aryl methyl sites for hydroxylation is 1. The Morgan fingerprint density at radius 2 is 1.79 bits per heavy atom. The van der Waals surface area contributed by atoms with Crippen LogP contribution >= 0.6 is 12.4 Å². The Bertz CT molecular complexity index is 289. The molecule has 0 bridgehead atoms. The summed E-state index contributed by atoms with van der Waals surface area (Å²) < 4.78 is 0. The summed E-state index contributed by atoms with van der Waals surface area (Å²) >= 11 is 0. The average Bonchev–Trinajstić information content (AvgIpc) is 2.01. The molecule has 1 atom stereocenters. The lowest BCUT2D eigenvalue weighted by atomic mass is 9.83. The lowest BCUT2D eigenvalue weighted by Crippen LogP contribution is -2.26. The molecule has 2 N–H and O–H groups in total. The second kappa shape index (κ2) is 4.81. The summed E-state index contributed by atoms with van der Waals surface area (Å²) in [6.07, 6.45) is 0. The van der Waals surface area contributed by atoms with Crippen molar-refractivity contribution in [2.75, 3.05) is 0 Å². The van der Waals surface area contributed by atoms with E-state index in [4.69, 9.17) is 5.73 Å². The maximum Gasteiger partial charge on any atom is 0.0344 e. The molecule has 2 heteroatoms. The molecule has 14 heavy (non-hydrogen) atoms. The van der Waals surface area contributed by atoms with Crippen molar-refractivity contribution in [2.24, 2.45) is 11.1 Å². The van der Waals surface area contributed by atoms with Gasteiger partial charge in [0.2, 0.25) is 0 Å². The highest BCUT2D eigenvalue weighted by atomic mass is 35.5. The van der Waals surface area contributed by atoms with Gasteiger partial charge in [-0.25, -0.2) is 0 Å². The third-order valence-corrected chi connectivity index (χ3v) is 2.33. The minimum atomic E-state index is 0. The SMILES string of the molecule is Cc1cccc([C@@H](N)C(C)(C)C)c1.Cl. The Labute approximate surface area is 93.1 Å². The lowest BCUT2D eigenvalue weighted by molar-refractivity contribution is 0.327. The molecule has 0 aliphatic carbocycles. The Morgan fingerprint density at radius 1 is 1.21 bits per heavy atom. The van der Waals surface area contributed by atoms with E-state index in [2.05, 4.69) is 52.0 Å². The first-order valence-electron chi connectivity index (χ1n) is 4.73. The van der Waals surface area contributed by atoms with E-state index in [1.807, 2.05) is 0 Å². The molecule has 0 saturated carbocycles. The van der Waals surface area contributed by atoms with E-state index < -0.39 is 0 Å². The van der Waals surface area contributed by atoms with Crippen molar-refractivity contribution in [1.29, 1.82) is 0 Å². The smallest absolute Gasteiger partial charge is 0.0344 e. The van der Waals surface area contributed by atoms with Gasteiger partial charge in [0, 0.05) is 6.04 Å². The molecule has 0 amide bonds. The Hall–Kier alpha value is -0.530. The summed E-state index contributed by atoms with van der Waals surface area (Å²) in [6.45, 7) is 8.60. The average molecular weight is 214 g/mol. The fraction of sp³-hybridized carbons (Fsp3) is 0.500. The van der Waals surface area contributed by atoms with Crippen molar-refractivity contribution in [3.05, 3.63) is 35.4 Å². The van der Waals surface area contributed by atoms with Crippen LogP contribution in [0.4, 0.5) is 0 Å². The predicted molar refractivity (Wildman–Crippen MR) is 64.8 cm³/mol. The topological polar surface area (TPSA) is 26.0 Å². The molecule has 80 valence electrons. The Morgan fingerprint density at radius 3 is 2.21 bits per heavy atom. The minimum Gasteiger partial charge on any atom is -0.324 e. The molecule has 0 radical (unpaired) electrons. The highest BCUT2D eigenvalue weighted by Crippen LogP contribution is 2.30. The van der Waals surface area contributed by atoms with Crippen LogP contribution in [0.5, 0.6) is 0 Å². The van der Waals surface area contributed by atoms with E-state index in [1.165, 1.54) is 11.1 Å². The van der Waals surface area contributed by atoms with E-state index in [0.717, 1.165) is 0 Å². The molecule has 0 fully saturated rings. The molecule has 1 rings (SSSR count). The largest absolute Gasteiger partial charge is 0.324 e. The zero-order valence-electron chi connectivity index (χ0n) is 9.37. The van der Waals surface area contributed by atoms with Crippen LogP contribution in [0.2, 0.25) is 0 Å². The normalized spacial score (nSPS) is 13.2. The van der Waals surface area contributed by atoms with E-state index >= 15 is 0 Å². The number of hydrogen-bond acceptors (Lipinski definition) is 1. The molecule has 0 aliphatic heterocycles. The molecule has 0 spiro atoms. The first kappa shape index (κ1) is 13.5. The van der Waals surface area contributed by atoms with Crippen LogP contribution in [0.15, 0.2) is 24.3 Å². The Kier molecular flexibility index (Phi) is 4.63. The summed E-state index contributed by atoms with van der Waals surface area (Å²) in [4.78, 5) is 0. The molecule has 0 aromatic heterocycles. The van der Waals surface area contributed by atoms with E-state index in [9.17, 15) is 0 Å². The van der Waals surface area contributed by atoms with Crippen LogP contribution in [0, 0.1) is 12.3 Å². The molecule has 1 aromatic rings. The highest BCUT2D eigenvalue weighted by Gasteiger charge is 2.21. The summed E-state index contributed by atoms with van der Waals surface area (Å²) in [5.41, 5.74) is 8.78. The van der Waals surface area contributed by atoms with Gasteiger partial charge < -0.3 is 5.73 Å². The van der Waals surface area contributed by atoms with Crippen molar-refractivity contribution >= 4 is 12.4 Å². The first-order chi connectivity index (χ1) is 5.91. The third-order valence-electron chi connectivity index (χ3n) is 2.33. The second-order valence-electron chi connectivity index (χ2n) is 4.76. The molecule has 0 unspecified atom stereocenters. The van der Waals surface area contributed by atoms with Crippen molar-refractivity contribution in [3.8, 4) is 0 Å². The van der Waals surface area contributed by atoms with E-state index in [-0.39, 0.29) is 23.9 Å². The molecular weight excluding hydrogens is 194 g/mol. The molecular formula is C12H20ClN. The van der Waals surface area contributed by atoms with Crippen LogP contribution in [-0.4, -0.2) is 0 Å². The fourth-order valence-electron chi connectivity index (χ4n) is 1.36. The van der Waals surface area contributed by atoms with Crippen LogP contribution in [0.3, 0.4) is 0 Å². The number of benzene rings is 1. The fourth-order valence-corrected chi connectivity index (χ4v) is 1.36.